The van der Waals surface area contributed by atoms with Gasteiger partial charge in [-0.2, -0.15) is 0 Å². The average molecular weight is 296 g/mol. The molecule has 0 aromatic heterocycles. The molecule has 120 valence electrons. The topological polar surface area (TPSA) is 52.6 Å². The fourth-order valence-electron chi connectivity index (χ4n) is 1.81. The molecule has 0 radical (unpaired) electrons. The van der Waals surface area contributed by atoms with Crippen LogP contribution < -0.4 is 0 Å². The first kappa shape index (κ1) is 19.4. The maximum absolute atomic E-state index is 11.7. The fourth-order valence-corrected chi connectivity index (χ4v) is 1.81. The van der Waals surface area contributed by atoms with Crippen LogP contribution in [0.4, 0.5) is 0 Å². The molecule has 21 heavy (non-hydrogen) atoms. The first-order valence-electron chi connectivity index (χ1n) is 7.34. The number of unbranched alkanes of at least 4 members (excludes halogenated alkanes) is 1. The van der Waals surface area contributed by atoms with Crippen molar-refractivity contribution in [3.63, 3.8) is 0 Å². The summed E-state index contributed by atoms with van der Waals surface area (Å²) in [4.78, 5) is 23.3. The number of carbonyl (C=O) groups excluding carboxylic acids is 2. The second-order valence-corrected chi connectivity index (χ2v) is 6.08. The van der Waals surface area contributed by atoms with Gasteiger partial charge >= 0.3 is 11.9 Å². The number of esters is 2. The van der Waals surface area contributed by atoms with E-state index in [2.05, 4.69) is 20.1 Å². The zero-order chi connectivity index (χ0) is 16.6. The molecule has 0 fully saturated rings. The molecule has 0 aliphatic heterocycles. The van der Waals surface area contributed by atoms with Crippen molar-refractivity contribution in [2.45, 2.75) is 72.0 Å². The van der Waals surface area contributed by atoms with Crippen LogP contribution in [-0.4, -0.2) is 23.6 Å². The number of hydrogen-bond acceptors (Lipinski definition) is 4. The minimum absolute atomic E-state index is 0.290. The van der Waals surface area contributed by atoms with Gasteiger partial charge in [0.25, 0.3) is 0 Å². The second kappa shape index (κ2) is 8.65. The van der Waals surface area contributed by atoms with Crippen molar-refractivity contribution in [1.29, 1.82) is 0 Å². The van der Waals surface area contributed by atoms with Crippen molar-refractivity contribution >= 4 is 11.9 Å². The van der Waals surface area contributed by atoms with E-state index in [4.69, 9.17) is 9.47 Å². The van der Waals surface area contributed by atoms with Gasteiger partial charge in [-0.05, 0) is 34.1 Å². The van der Waals surface area contributed by atoms with E-state index in [1.165, 1.54) is 0 Å². The van der Waals surface area contributed by atoms with E-state index in [1.807, 2.05) is 0 Å². The molecule has 0 aliphatic rings. The highest BCUT2D eigenvalue weighted by Gasteiger charge is 2.29. The van der Waals surface area contributed by atoms with Crippen LogP contribution in [0.2, 0.25) is 0 Å². The molecule has 0 aliphatic carbocycles. The Labute approximate surface area is 128 Å². The predicted octanol–water partition coefficient (Wildman–Crippen LogP) is 3.95. The van der Waals surface area contributed by atoms with E-state index in [0.29, 0.717) is 17.6 Å². The molecule has 0 spiro atoms. The van der Waals surface area contributed by atoms with Crippen molar-refractivity contribution in [3.8, 4) is 0 Å². The number of hydrogen-bond donors (Lipinski definition) is 0. The van der Waals surface area contributed by atoms with Crippen LogP contribution in [0.15, 0.2) is 24.3 Å². The highest BCUT2D eigenvalue weighted by molar-refractivity contribution is 5.87. The summed E-state index contributed by atoms with van der Waals surface area (Å²) in [5.74, 6) is -0.835. The molecule has 0 aromatic rings. The monoisotopic (exact) mass is 296 g/mol. The maximum Gasteiger partial charge on any atom is 0.333 e. The summed E-state index contributed by atoms with van der Waals surface area (Å²) in [7, 11) is 0. The predicted molar refractivity (Wildman–Crippen MR) is 83.8 cm³/mol. The Hall–Kier alpha value is -1.58. The highest BCUT2D eigenvalue weighted by Crippen LogP contribution is 2.23. The Morgan fingerprint density at radius 1 is 1.10 bits per heavy atom. The molecule has 4 heteroatoms. The molecule has 4 nitrogen and oxygen atoms in total. The van der Waals surface area contributed by atoms with Gasteiger partial charge in [0.15, 0.2) is 0 Å². The van der Waals surface area contributed by atoms with E-state index in [1.54, 1.807) is 27.7 Å². The Bertz CT molecular complexity index is 407. The van der Waals surface area contributed by atoms with E-state index in [9.17, 15) is 9.59 Å². The lowest BCUT2D eigenvalue weighted by Crippen LogP contribution is -2.35. The molecule has 0 heterocycles. The summed E-state index contributed by atoms with van der Waals surface area (Å²) in [6.07, 6.45) is 2.85. The van der Waals surface area contributed by atoms with Crippen molar-refractivity contribution in [1.82, 2.24) is 0 Å². The Balaban J connectivity index is 4.76. The quantitative estimate of drug-likeness (QED) is 0.477. The van der Waals surface area contributed by atoms with Gasteiger partial charge in [0.1, 0.15) is 11.7 Å². The van der Waals surface area contributed by atoms with Crippen LogP contribution in [0.5, 0.6) is 0 Å². The number of carbonyl (C=O) groups is 2. The van der Waals surface area contributed by atoms with Crippen LogP contribution in [0, 0.1) is 0 Å². The molecule has 0 rings (SSSR count). The number of rotatable bonds is 9. The summed E-state index contributed by atoms with van der Waals surface area (Å²) >= 11 is 0. The highest BCUT2D eigenvalue weighted by atomic mass is 16.6. The standard InChI is InChI=1S/C17H28O4/c1-8-9-10-14(20-15(18)12(2)3)11-17(6,7)21-16(19)13(4)5/h14H,2,4,8-11H2,1,3,5-7H3. The Kier molecular flexibility index (Phi) is 8.00. The summed E-state index contributed by atoms with van der Waals surface area (Å²) in [6.45, 7) is 16.1. The van der Waals surface area contributed by atoms with Gasteiger partial charge in [0, 0.05) is 17.6 Å². The summed E-state index contributed by atoms with van der Waals surface area (Å²) in [5.41, 5.74) is 0.00409. The van der Waals surface area contributed by atoms with Gasteiger partial charge in [-0.25, -0.2) is 9.59 Å². The molecule has 1 atom stereocenters. The lowest BCUT2D eigenvalue weighted by Gasteiger charge is -2.29. The molecule has 0 amide bonds. The molecule has 0 saturated carbocycles. The van der Waals surface area contributed by atoms with Crippen molar-refractivity contribution in [2.75, 3.05) is 0 Å². The molecular weight excluding hydrogens is 268 g/mol. The lowest BCUT2D eigenvalue weighted by molar-refractivity contribution is -0.158. The van der Waals surface area contributed by atoms with E-state index in [0.717, 1.165) is 19.3 Å². The summed E-state index contributed by atoms with van der Waals surface area (Å²) < 4.78 is 10.8. The third-order valence-electron chi connectivity index (χ3n) is 2.94. The third-order valence-corrected chi connectivity index (χ3v) is 2.94. The molecule has 0 saturated heterocycles. The van der Waals surface area contributed by atoms with Crippen LogP contribution in [0.1, 0.15) is 60.3 Å². The van der Waals surface area contributed by atoms with Crippen molar-refractivity contribution < 1.29 is 19.1 Å². The first-order valence-corrected chi connectivity index (χ1v) is 7.34. The molecule has 0 aromatic carbocycles. The third kappa shape index (κ3) is 8.33. The zero-order valence-corrected chi connectivity index (χ0v) is 14.0. The Morgan fingerprint density at radius 2 is 1.62 bits per heavy atom. The van der Waals surface area contributed by atoms with E-state index < -0.39 is 17.5 Å². The molecule has 0 N–H and O–H groups in total. The lowest BCUT2D eigenvalue weighted by atomic mass is 9.97. The van der Waals surface area contributed by atoms with Gasteiger partial charge in [-0.15, -0.1) is 0 Å². The maximum atomic E-state index is 11.7. The van der Waals surface area contributed by atoms with Crippen molar-refractivity contribution in [2.24, 2.45) is 0 Å². The zero-order valence-electron chi connectivity index (χ0n) is 14.0. The van der Waals surface area contributed by atoms with Crippen molar-refractivity contribution in [3.05, 3.63) is 24.3 Å². The SMILES string of the molecule is C=C(C)C(=O)OC(CCCC)CC(C)(C)OC(=O)C(=C)C. The normalized spacial score (nSPS) is 12.4. The first-order chi connectivity index (χ1) is 9.59. The van der Waals surface area contributed by atoms with Gasteiger partial charge in [-0.1, -0.05) is 32.9 Å². The second-order valence-electron chi connectivity index (χ2n) is 6.08. The molecular formula is C17H28O4. The molecule has 0 bridgehead atoms. The van der Waals surface area contributed by atoms with Gasteiger partial charge in [-0.3, -0.25) is 0 Å². The van der Waals surface area contributed by atoms with E-state index in [-0.39, 0.29) is 6.10 Å². The van der Waals surface area contributed by atoms with Gasteiger partial charge in [0.05, 0.1) is 0 Å². The van der Waals surface area contributed by atoms with E-state index >= 15 is 0 Å². The smallest absolute Gasteiger partial charge is 0.333 e. The van der Waals surface area contributed by atoms with Crippen LogP contribution in [0.3, 0.4) is 0 Å². The number of ether oxygens (including phenoxy) is 2. The summed E-state index contributed by atoms with van der Waals surface area (Å²) in [5, 5.41) is 0. The Morgan fingerprint density at radius 3 is 2.05 bits per heavy atom. The summed E-state index contributed by atoms with van der Waals surface area (Å²) in [6, 6.07) is 0. The fraction of sp³-hybridized carbons (Fsp3) is 0.647. The minimum Gasteiger partial charge on any atom is -0.459 e. The van der Waals surface area contributed by atoms with Crippen LogP contribution in [-0.2, 0) is 19.1 Å². The molecule has 1 unspecified atom stereocenters. The van der Waals surface area contributed by atoms with Crippen LogP contribution >= 0.6 is 0 Å². The average Bonchev–Trinajstić information content (AvgIpc) is 2.34. The largest absolute Gasteiger partial charge is 0.459 e. The minimum atomic E-state index is -0.718. The van der Waals surface area contributed by atoms with Crippen LogP contribution in [0.25, 0.3) is 0 Å². The van der Waals surface area contributed by atoms with Gasteiger partial charge in [0.2, 0.25) is 0 Å². The van der Waals surface area contributed by atoms with Gasteiger partial charge < -0.3 is 9.47 Å².